The fourth-order valence-electron chi connectivity index (χ4n) is 2.52. The number of carbonyl (C=O) groups excluding carboxylic acids is 1. The number of carboxylic acids is 1. The summed E-state index contributed by atoms with van der Waals surface area (Å²) in [6.07, 6.45) is 0.193. The minimum absolute atomic E-state index is 0.0197. The fourth-order valence-corrected chi connectivity index (χ4v) is 4.54. The third-order valence-electron chi connectivity index (χ3n) is 3.91. The second kappa shape index (κ2) is 7.69. The normalized spacial score (nSPS) is 17.9. The van der Waals surface area contributed by atoms with Crippen LogP contribution in [0.5, 0.6) is 0 Å². The van der Waals surface area contributed by atoms with Crippen LogP contribution in [-0.4, -0.2) is 60.0 Å². The zero-order chi connectivity index (χ0) is 18.8. The number of aliphatic carboxylic acids is 1. The summed E-state index contributed by atoms with van der Waals surface area (Å²) in [4.78, 5) is 23.1. The van der Waals surface area contributed by atoms with E-state index in [1.54, 1.807) is 0 Å². The highest BCUT2D eigenvalue weighted by atomic mass is 35.5. The number of rotatable bonds is 6. The van der Waals surface area contributed by atoms with Crippen LogP contribution >= 0.6 is 11.6 Å². The van der Waals surface area contributed by atoms with Crippen molar-refractivity contribution in [2.24, 2.45) is 0 Å². The molecule has 2 atom stereocenters. The molecule has 1 aliphatic heterocycles. The Morgan fingerprint density at radius 2 is 1.88 bits per heavy atom. The molecule has 1 fully saturated rings. The lowest BCUT2D eigenvalue weighted by molar-refractivity contribution is -0.141. The monoisotopic (exact) mass is 390 g/mol. The van der Waals surface area contributed by atoms with Gasteiger partial charge in [-0.1, -0.05) is 11.6 Å². The number of benzene rings is 1. The van der Waals surface area contributed by atoms with Crippen molar-refractivity contribution in [3.05, 3.63) is 28.8 Å². The molecule has 1 saturated heterocycles. The largest absolute Gasteiger partial charge is 0.480 e. The van der Waals surface area contributed by atoms with E-state index in [0.717, 1.165) is 18.9 Å². The minimum Gasteiger partial charge on any atom is -0.480 e. The molecule has 1 aliphatic rings. The van der Waals surface area contributed by atoms with Crippen LogP contribution in [0, 0.1) is 0 Å². The Morgan fingerprint density at radius 3 is 2.40 bits per heavy atom. The number of hydrogen-bond donors (Lipinski definition) is 3. The number of halogens is 1. The number of carboxylic acid groups (broad SMARTS) is 1. The molecule has 138 valence electrons. The Balaban J connectivity index is 2.32. The highest BCUT2D eigenvalue weighted by Gasteiger charge is 2.31. The molecule has 0 unspecified atom stereocenters. The Labute approximate surface area is 150 Å². The van der Waals surface area contributed by atoms with Crippen molar-refractivity contribution in [2.45, 2.75) is 36.8 Å². The Bertz CT molecular complexity index is 774. The van der Waals surface area contributed by atoms with Gasteiger partial charge in [-0.05, 0) is 38.0 Å². The third kappa shape index (κ3) is 4.30. The van der Waals surface area contributed by atoms with Gasteiger partial charge in [0.05, 0.1) is 11.1 Å². The number of aliphatic hydroxyl groups is 1. The average Bonchev–Trinajstić information content (AvgIpc) is 3.07. The van der Waals surface area contributed by atoms with E-state index in [2.05, 4.69) is 5.32 Å². The summed E-state index contributed by atoms with van der Waals surface area (Å²) in [6.45, 7) is 2.00. The number of nitrogens with zero attached hydrogens (tertiary/aromatic N) is 1. The first kappa shape index (κ1) is 19.6. The molecule has 1 heterocycles. The molecule has 2 rings (SSSR count). The predicted octanol–water partition coefficient (Wildman–Crippen LogP) is 0.688. The first-order chi connectivity index (χ1) is 11.6. The Kier molecular flexibility index (Phi) is 6.04. The van der Waals surface area contributed by atoms with E-state index in [-0.39, 0.29) is 15.5 Å². The van der Waals surface area contributed by atoms with Crippen molar-refractivity contribution in [3.8, 4) is 0 Å². The van der Waals surface area contributed by atoms with Gasteiger partial charge in [-0.3, -0.25) is 4.79 Å². The topological polar surface area (TPSA) is 124 Å². The Hall–Kier alpha value is -1.68. The lowest BCUT2D eigenvalue weighted by Gasteiger charge is -2.19. The molecule has 3 N–H and O–H groups in total. The SMILES string of the molecule is C[C@@H](O)[C@@H](NC(=O)c1ccc(Cl)c(S(=O)(=O)N2CCCC2)c1)C(=O)O. The highest BCUT2D eigenvalue weighted by Crippen LogP contribution is 2.28. The van der Waals surface area contributed by atoms with Crippen LogP contribution in [0.1, 0.15) is 30.1 Å². The number of amides is 1. The number of aliphatic hydroxyl groups excluding tert-OH is 1. The molecule has 0 aliphatic carbocycles. The summed E-state index contributed by atoms with van der Waals surface area (Å²) in [5.41, 5.74) is -0.0610. The molecular weight excluding hydrogens is 372 g/mol. The van der Waals surface area contributed by atoms with E-state index >= 15 is 0 Å². The third-order valence-corrected chi connectivity index (χ3v) is 6.29. The van der Waals surface area contributed by atoms with Crippen molar-refractivity contribution < 1.29 is 28.2 Å². The van der Waals surface area contributed by atoms with Gasteiger partial charge in [0.1, 0.15) is 4.90 Å². The maximum Gasteiger partial charge on any atom is 0.328 e. The van der Waals surface area contributed by atoms with Gasteiger partial charge < -0.3 is 15.5 Å². The molecule has 0 spiro atoms. The quantitative estimate of drug-likeness (QED) is 0.656. The lowest BCUT2D eigenvalue weighted by Crippen LogP contribution is -2.47. The van der Waals surface area contributed by atoms with Crippen molar-refractivity contribution in [3.63, 3.8) is 0 Å². The van der Waals surface area contributed by atoms with E-state index in [1.165, 1.54) is 23.4 Å². The van der Waals surface area contributed by atoms with Crippen LogP contribution in [-0.2, 0) is 14.8 Å². The summed E-state index contributed by atoms with van der Waals surface area (Å²) in [6, 6.07) is 2.17. The van der Waals surface area contributed by atoms with Crippen LogP contribution in [0.25, 0.3) is 0 Å². The highest BCUT2D eigenvalue weighted by molar-refractivity contribution is 7.89. The van der Waals surface area contributed by atoms with Gasteiger partial charge in [0, 0.05) is 18.7 Å². The van der Waals surface area contributed by atoms with E-state index in [1.807, 2.05) is 0 Å². The molecule has 1 aromatic carbocycles. The molecule has 0 aromatic heterocycles. The summed E-state index contributed by atoms with van der Waals surface area (Å²) in [5, 5.41) is 20.6. The van der Waals surface area contributed by atoms with Crippen molar-refractivity contribution in [1.29, 1.82) is 0 Å². The van der Waals surface area contributed by atoms with Crippen LogP contribution in [0.15, 0.2) is 23.1 Å². The summed E-state index contributed by atoms with van der Waals surface area (Å²) < 4.78 is 26.6. The average molecular weight is 391 g/mol. The number of sulfonamides is 1. The zero-order valence-electron chi connectivity index (χ0n) is 13.5. The predicted molar refractivity (Wildman–Crippen MR) is 90.0 cm³/mol. The van der Waals surface area contributed by atoms with Crippen LogP contribution < -0.4 is 5.32 Å². The number of nitrogens with one attached hydrogen (secondary N) is 1. The van der Waals surface area contributed by atoms with Crippen LogP contribution in [0.4, 0.5) is 0 Å². The standard InChI is InChI=1S/C15H19ClN2O6S/c1-9(19)13(15(21)22)17-14(20)10-4-5-11(16)12(8-10)25(23,24)18-6-2-3-7-18/h4-5,8-9,13,19H,2-3,6-7H2,1H3,(H,17,20)(H,21,22)/t9-,13-/m1/s1. The van der Waals surface area contributed by atoms with Gasteiger partial charge in [-0.15, -0.1) is 0 Å². The lowest BCUT2D eigenvalue weighted by atomic mass is 10.1. The van der Waals surface area contributed by atoms with E-state index in [9.17, 15) is 23.1 Å². The molecule has 10 heteroatoms. The summed E-state index contributed by atoms with van der Waals surface area (Å²) in [5.74, 6) is -2.22. The first-order valence-electron chi connectivity index (χ1n) is 7.66. The van der Waals surface area contributed by atoms with Crippen molar-refractivity contribution >= 4 is 33.5 Å². The van der Waals surface area contributed by atoms with E-state index in [4.69, 9.17) is 16.7 Å². The molecule has 0 radical (unpaired) electrons. The first-order valence-corrected chi connectivity index (χ1v) is 9.48. The number of carbonyl (C=O) groups is 2. The van der Waals surface area contributed by atoms with Crippen molar-refractivity contribution in [2.75, 3.05) is 13.1 Å². The number of hydrogen-bond acceptors (Lipinski definition) is 5. The minimum atomic E-state index is -3.83. The molecule has 0 saturated carbocycles. The molecule has 25 heavy (non-hydrogen) atoms. The smallest absolute Gasteiger partial charge is 0.328 e. The second-order valence-corrected chi connectivity index (χ2v) is 8.10. The Morgan fingerprint density at radius 1 is 1.28 bits per heavy atom. The van der Waals surface area contributed by atoms with E-state index in [0.29, 0.717) is 13.1 Å². The maximum atomic E-state index is 12.6. The zero-order valence-corrected chi connectivity index (χ0v) is 15.0. The van der Waals surface area contributed by atoms with Gasteiger partial charge in [0.25, 0.3) is 5.91 Å². The van der Waals surface area contributed by atoms with Crippen LogP contribution in [0.2, 0.25) is 5.02 Å². The molecule has 0 bridgehead atoms. The maximum absolute atomic E-state index is 12.6. The molecule has 1 aromatic rings. The second-order valence-electron chi connectivity index (χ2n) is 5.79. The summed E-state index contributed by atoms with van der Waals surface area (Å²) >= 11 is 6.00. The van der Waals surface area contributed by atoms with Gasteiger partial charge >= 0.3 is 5.97 Å². The van der Waals surface area contributed by atoms with Gasteiger partial charge in [0.2, 0.25) is 10.0 Å². The molecule has 1 amide bonds. The van der Waals surface area contributed by atoms with Gasteiger partial charge in [-0.25, -0.2) is 13.2 Å². The molecular formula is C15H19ClN2O6S. The van der Waals surface area contributed by atoms with Crippen LogP contribution in [0.3, 0.4) is 0 Å². The van der Waals surface area contributed by atoms with E-state index < -0.39 is 34.0 Å². The molecule has 8 nitrogen and oxygen atoms in total. The van der Waals surface area contributed by atoms with Crippen molar-refractivity contribution in [1.82, 2.24) is 9.62 Å². The summed E-state index contributed by atoms with van der Waals surface area (Å²) in [7, 11) is -3.83. The fraction of sp³-hybridized carbons (Fsp3) is 0.467. The van der Waals surface area contributed by atoms with Gasteiger partial charge in [0.15, 0.2) is 6.04 Å². The van der Waals surface area contributed by atoms with Gasteiger partial charge in [-0.2, -0.15) is 4.31 Å².